The summed E-state index contributed by atoms with van der Waals surface area (Å²) in [6, 6.07) is 6.10. The van der Waals surface area contributed by atoms with E-state index in [1.165, 1.54) is 32.2 Å². The normalized spacial score (nSPS) is 20.6. The van der Waals surface area contributed by atoms with Crippen LogP contribution in [-0.2, 0) is 0 Å². The Balaban J connectivity index is 1.44. The minimum atomic E-state index is -0.0438. The summed E-state index contributed by atoms with van der Waals surface area (Å²) in [6.07, 6.45) is 6.20. The standard InChI is InChI=1S/C19H28N2O3/c1-2-16-6-3-4-10-21(16)11-5-9-20-19(22)15-7-8-17-18(14-15)24-13-12-23-17/h7-8,14,16H,2-6,9-13H2,1H3,(H,20,22)/t16-/m1/s1. The van der Waals surface area contributed by atoms with Crippen LogP contribution in [0.25, 0.3) is 0 Å². The predicted molar refractivity (Wildman–Crippen MR) is 93.9 cm³/mol. The third-order valence-electron chi connectivity index (χ3n) is 4.93. The molecule has 0 spiro atoms. The number of nitrogens with zero attached hydrogens (tertiary/aromatic N) is 1. The molecule has 0 radical (unpaired) electrons. The Hall–Kier alpha value is -1.75. The van der Waals surface area contributed by atoms with Crippen molar-refractivity contribution >= 4 is 5.91 Å². The van der Waals surface area contributed by atoms with Crippen molar-refractivity contribution in [1.29, 1.82) is 0 Å². The highest BCUT2D eigenvalue weighted by molar-refractivity contribution is 5.94. The number of piperidine rings is 1. The molecule has 1 saturated heterocycles. The average Bonchev–Trinajstić information content (AvgIpc) is 2.65. The van der Waals surface area contributed by atoms with Gasteiger partial charge in [0.25, 0.3) is 5.91 Å². The summed E-state index contributed by atoms with van der Waals surface area (Å²) < 4.78 is 11.0. The molecular weight excluding hydrogens is 304 g/mol. The second-order valence-corrected chi connectivity index (χ2v) is 6.56. The highest BCUT2D eigenvalue weighted by atomic mass is 16.6. The number of rotatable bonds is 6. The average molecular weight is 332 g/mol. The van der Waals surface area contributed by atoms with Crippen LogP contribution < -0.4 is 14.8 Å². The molecule has 5 heteroatoms. The number of carbonyl (C=O) groups is 1. The lowest BCUT2D eigenvalue weighted by Crippen LogP contribution is -2.40. The molecule has 5 nitrogen and oxygen atoms in total. The first-order valence-electron chi connectivity index (χ1n) is 9.20. The SMILES string of the molecule is CC[C@@H]1CCCCN1CCCNC(=O)c1ccc2c(c1)OCCO2. The molecule has 2 aliphatic heterocycles. The third kappa shape index (κ3) is 4.20. The van der Waals surface area contributed by atoms with Crippen LogP contribution in [-0.4, -0.2) is 49.7 Å². The van der Waals surface area contributed by atoms with Crippen LogP contribution in [0.3, 0.4) is 0 Å². The van der Waals surface area contributed by atoms with Gasteiger partial charge >= 0.3 is 0 Å². The van der Waals surface area contributed by atoms with E-state index in [1.54, 1.807) is 12.1 Å². The fourth-order valence-electron chi connectivity index (χ4n) is 3.59. The van der Waals surface area contributed by atoms with E-state index < -0.39 is 0 Å². The van der Waals surface area contributed by atoms with Gasteiger partial charge in [0.2, 0.25) is 0 Å². The Morgan fingerprint density at radius 1 is 1.25 bits per heavy atom. The van der Waals surface area contributed by atoms with Gasteiger partial charge in [-0.3, -0.25) is 4.79 Å². The molecule has 1 atom stereocenters. The molecule has 0 saturated carbocycles. The van der Waals surface area contributed by atoms with E-state index in [-0.39, 0.29) is 5.91 Å². The fourth-order valence-corrected chi connectivity index (χ4v) is 3.59. The Labute approximate surface area is 144 Å². The Kier molecular flexibility index (Phi) is 5.96. The summed E-state index contributed by atoms with van der Waals surface area (Å²) in [5.74, 6) is 1.33. The first kappa shape index (κ1) is 17.1. The molecule has 2 aliphatic rings. The van der Waals surface area contributed by atoms with E-state index in [9.17, 15) is 4.79 Å². The number of hydrogen-bond donors (Lipinski definition) is 1. The van der Waals surface area contributed by atoms with Gasteiger partial charge in [-0.1, -0.05) is 13.3 Å². The summed E-state index contributed by atoms with van der Waals surface area (Å²) in [5, 5.41) is 3.02. The lowest BCUT2D eigenvalue weighted by atomic mass is 10.00. The summed E-state index contributed by atoms with van der Waals surface area (Å²) in [6.45, 7) is 6.35. The van der Waals surface area contributed by atoms with Crippen molar-refractivity contribution in [2.45, 2.75) is 45.1 Å². The summed E-state index contributed by atoms with van der Waals surface area (Å²) >= 11 is 0. The number of ether oxygens (including phenoxy) is 2. The molecule has 0 bridgehead atoms. The van der Waals surface area contributed by atoms with Crippen LogP contribution in [0.15, 0.2) is 18.2 Å². The zero-order chi connectivity index (χ0) is 16.8. The Bertz CT molecular complexity index is 562. The van der Waals surface area contributed by atoms with Gasteiger partial charge in [-0.15, -0.1) is 0 Å². The van der Waals surface area contributed by atoms with Crippen molar-refractivity contribution < 1.29 is 14.3 Å². The van der Waals surface area contributed by atoms with E-state index in [1.807, 2.05) is 6.07 Å². The monoisotopic (exact) mass is 332 g/mol. The topological polar surface area (TPSA) is 50.8 Å². The van der Waals surface area contributed by atoms with Gasteiger partial charge in [-0.05, 0) is 50.4 Å². The van der Waals surface area contributed by atoms with Gasteiger partial charge in [0, 0.05) is 24.7 Å². The maximum absolute atomic E-state index is 12.3. The van der Waals surface area contributed by atoms with Gasteiger partial charge in [0.05, 0.1) is 0 Å². The highest BCUT2D eigenvalue weighted by Gasteiger charge is 2.20. The minimum Gasteiger partial charge on any atom is -0.486 e. The largest absolute Gasteiger partial charge is 0.486 e. The van der Waals surface area contributed by atoms with E-state index in [0.29, 0.717) is 36.8 Å². The summed E-state index contributed by atoms with van der Waals surface area (Å²) in [7, 11) is 0. The molecule has 1 aromatic carbocycles. The van der Waals surface area contributed by atoms with Crippen LogP contribution in [0.5, 0.6) is 11.5 Å². The fraction of sp³-hybridized carbons (Fsp3) is 0.632. The zero-order valence-corrected chi connectivity index (χ0v) is 14.6. The second kappa shape index (κ2) is 8.38. The Morgan fingerprint density at radius 2 is 2.08 bits per heavy atom. The molecule has 24 heavy (non-hydrogen) atoms. The van der Waals surface area contributed by atoms with Gasteiger partial charge in [0.15, 0.2) is 11.5 Å². The van der Waals surface area contributed by atoms with E-state index in [2.05, 4.69) is 17.1 Å². The number of nitrogens with one attached hydrogen (secondary N) is 1. The van der Waals surface area contributed by atoms with Crippen LogP contribution in [0.1, 0.15) is 49.4 Å². The first-order chi connectivity index (χ1) is 11.8. The first-order valence-corrected chi connectivity index (χ1v) is 9.20. The van der Waals surface area contributed by atoms with Crippen LogP contribution >= 0.6 is 0 Å². The van der Waals surface area contributed by atoms with Crippen molar-refractivity contribution in [3.63, 3.8) is 0 Å². The predicted octanol–water partition coefficient (Wildman–Crippen LogP) is 2.84. The molecule has 1 aromatic rings. The van der Waals surface area contributed by atoms with E-state index >= 15 is 0 Å². The van der Waals surface area contributed by atoms with Crippen molar-refractivity contribution in [2.75, 3.05) is 32.8 Å². The van der Waals surface area contributed by atoms with Crippen molar-refractivity contribution in [3.05, 3.63) is 23.8 Å². The molecule has 0 aliphatic carbocycles. The van der Waals surface area contributed by atoms with Gasteiger partial charge in [-0.25, -0.2) is 0 Å². The third-order valence-corrected chi connectivity index (χ3v) is 4.93. The van der Waals surface area contributed by atoms with E-state index in [0.717, 1.165) is 19.0 Å². The van der Waals surface area contributed by atoms with Crippen molar-refractivity contribution in [3.8, 4) is 11.5 Å². The molecule has 3 rings (SSSR count). The van der Waals surface area contributed by atoms with Crippen molar-refractivity contribution in [2.24, 2.45) is 0 Å². The van der Waals surface area contributed by atoms with Crippen LogP contribution in [0.2, 0.25) is 0 Å². The molecule has 0 aromatic heterocycles. The van der Waals surface area contributed by atoms with Crippen LogP contribution in [0, 0.1) is 0 Å². The minimum absolute atomic E-state index is 0.0438. The molecule has 132 valence electrons. The lowest BCUT2D eigenvalue weighted by Gasteiger charge is -2.35. The molecule has 1 amide bonds. The van der Waals surface area contributed by atoms with Gasteiger partial charge in [-0.2, -0.15) is 0 Å². The van der Waals surface area contributed by atoms with E-state index in [4.69, 9.17) is 9.47 Å². The molecule has 1 fully saturated rings. The van der Waals surface area contributed by atoms with Gasteiger partial charge < -0.3 is 19.7 Å². The van der Waals surface area contributed by atoms with Crippen LogP contribution in [0.4, 0.5) is 0 Å². The molecule has 2 heterocycles. The molecular formula is C19H28N2O3. The van der Waals surface area contributed by atoms with Crippen molar-refractivity contribution in [1.82, 2.24) is 10.2 Å². The number of hydrogen-bond acceptors (Lipinski definition) is 4. The lowest BCUT2D eigenvalue weighted by molar-refractivity contribution is 0.0946. The maximum Gasteiger partial charge on any atom is 0.251 e. The smallest absolute Gasteiger partial charge is 0.251 e. The van der Waals surface area contributed by atoms with Gasteiger partial charge in [0.1, 0.15) is 13.2 Å². The highest BCUT2D eigenvalue weighted by Crippen LogP contribution is 2.30. The number of likely N-dealkylation sites (tertiary alicyclic amines) is 1. The number of fused-ring (bicyclic) bond motifs is 1. The summed E-state index contributed by atoms with van der Waals surface area (Å²) in [4.78, 5) is 14.9. The zero-order valence-electron chi connectivity index (χ0n) is 14.6. The Morgan fingerprint density at radius 3 is 2.92 bits per heavy atom. The summed E-state index contributed by atoms with van der Waals surface area (Å²) in [5.41, 5.74) is 0.628. The number of carbonyl (C=O) groups excluding carboxylic acids is 1. The quantitative estimate of drug-likeness (QED) is 0.814. The number of amides is 1. The molecule has 1 N–H and O–H groups in total. The number of benzene rings is 1. The second-order valence-electron chi connectivity index (χ2n) is 6.56. The molecule has 0 unspecified atom stereocenters. The maximum atomic E-state index is 12.3.